The highest BCUT2D eigenvalue weighted by molar-refractivity contribution is 6.32. The molecule has 0 radical (unpaired) electrons. The van der Waals surface area contributed by atoms with Gasteiger partial charge in [-0.25, -0.2) is 4.68 Å². The van der Waals surface area contributed by atoms with Gasteiger partial charge in [-0.1, -0.05) is 54.1 Å². The molecule has 1 aliphatic carbocycles. The second-order valence-electron chi connectivity index (χ2n) is 8.78. The molecule has 0 spiro atoms. The number of carbonyl (C=O) groups is 1. The summed E-state index contributed by atoms with van der Waals surface area (Å²) in [5, 5.41) is 5.31. The fourth-order valence-electron chi connectivity index (χ4n) is 4.33. The van der Waals surface area contributed by atoms with E-state index in [1.165, 1.54) is 0 Å². The SMILES string of the molecule is Cn1nc(-c2ccccc2)c(CN(C[C@@H]2CCCO2)C(=O)C2CC2)c1Oc1ccccc1Cl. The van der Waals surface area contributed by atoms with Crippen molar-refractivity contribution in [3.05, 3.63) is 65.2 Å². The number of amides is 1. The molecular formula is C26H28ClN3O3. The molecular weight excluding hydrogens is 438 g/mol. The van der Waals surface area contributed by atoms with E-state index >= 15 is 0 Å². The summed E-state index contributed by atoms with van der Waals surface area (Å²) in [5.74, 6) is 1.46. The summed E-state index contributed by atoms with van der Waals surface area (Å²) < 4.78 is 13.9. The lowest BCUT2D eigenvalue weighted by Crippen LogP contribution is -2.38. The number of aromatic nitrogens is 2. The zero-order valence-corrected chi connectivity index (χ0v) is 19.5. The van der Waals surface area contributed by atoms with Crippen LogP contribution in [0, 0.1) is 5.92 Å². The van der Waals surface area contributed by atoms with Crippen molar-refractivity contribution in [3.8, 4) is 22.9 Å². The summed E-state index contributed by atoms with van der Waals surface area (Å²) in [6.07, 6.45) is 4.03. The molecule has 1 saturated carbocycles. The van der Waals surface area contributed by atoms with Gasteiger partial charge in [0.1, 0.15) is 11.4 Å². The Balaban J connectivity index is 1.53. The Hall–Kier alpha value is -2.83. The van der Waals surface area contributed by atoms with Crippen LogP contribution in [0.1, 0.15) is 31.2 Å². The van der Waals surface area contributed by atoms with E-state index < -0.39 is 0 Å². The molecule has 2 heterocycles. The van der Waals surface area contributed by atoms with Crippen LogP contribution in [0.2, 0.25) is 5.02 Å². The van der Waals surface area contributed by atoms with Crippen molar-refractivity contribution in [1.29, 1.82) is 0 Å². The highest BCUT2D eigenvalue weighted by Gasteiger charge is 2.36. The number of halogens is 1. The van der Waals surface area contributed by atoms with E-state index in [1.54, 1.807) is 10.7 Å². The molecule has 6 nitrogen and oxygen atoms in total. The number of ether oxygens (including phenoxy) is 2. The second kappa shape index (κ2) is 9.57. The topological polar surface area (TPSA) is 56.6 Å². The quantitative estimate of drug-likeness (QED) is 0.444. The molecule has 0 N–H and O–H groups in total. The first kappa shape index (κ1) is 22.0. The molecule has 0 unspecified atom stereocenters. The molecule has 2 aromatic carbocycles. The van der Waals surface area contributed by atoms with E-state index in [2.05, 4.69) is 0 Å². The molecule has 2 aliphatic rings. The van der Waals surface area contributed by atoms with Crippen LogP contribution in [0.3, 0.4) is 0 Å². The van der Waals surface area contributed by atoms with Gasteiger partial charge in [-0.3, -0.25) is 4.79 Å². The molecule has 0 bridgehead atoms. The van der Waals surface area contributed by atoms with Gasteiger partial charge in [0.2, 0.25) is 11.8 Å². The number of aryl methyl sites for hydroxylation is 1. The maximum Gasteiger partial charge on any atom is 0.226 e. The highest BCUT2D eigenvalue weighted by Crippen LogP contribution is 2.38. The molecule has 33 heavy (non-hydrogen) atoms. The highest BCUT2D eigenvalue weighted by atomic mass is 35.5. The second-order valence-corrected chi connectivity index (χ2v) is 9.19. The van der Waals surface area contributed by atoms with Crippen molar-refractivity contribution in [2.24, 2.45) is 13.0 Å². The Morgan fingerprint density at radius 1 is 1.15 bits per heavy atom. The van der Waals surface area contributed by atoms with Gasteiger partial charge >= 0.3 is 0 Å². The van der Waals surface area contributed by atoms with Crippen LogP contribution in [0.15, 0.2) is 54.6 Å². The van der Waals surface area contributed by atoms with Crippen molar-refractivity contribution in [2.45, 2.75) is 38.3 Å². The number of nitrogens with zero attached hydrogens (tertiary/aromatic N) is 3. The third-order valence-corrected chi connectivity index (χ3v) is 6.53. The molecule has 1 amide bonds. The van der Waals surface area contributed by atoms with E-state index in [9.17, 15) is 4.79 Å². The maximum atomic E-state index is 13.3. The van der Waals surface area contributed by atoms with Gasteiger partial charge < -0.3 is 14.4 Å². The van der Waals surface area contributed by atoms with Gasteiger partial charge in [0.15, 0.2) is 0 Å². The number of benzene rings is 2. The first-order chi connectivity index (χ1) is 16.1. The Morgan fingerprint density at radius 3 is 2.61 bits per heavy atom. The monoisotopic (exact) mass is 465 g/mol. The summed E-state index contributed by atoms with van der Waals surface area (Å²) in [4.78, 5) is 15.2. The summed E-state index contributed by atoms with van der Waals surface area (Å²) in [5.41, 5.74) is 2.66. The lowest BCUT2D eigenvalue weighted by atomic mass is 10.1. The summed E-state index contributed by atoms with van der Waals surface area (Å²) >= 11 is 6.39. The van der Waals surface area contributed by atoms with Crippen LogP contribution < -0.4 is 4.74 Å². The Kier molecular flexibility index (Phi) is 6.38. The molecule has 172 valence electrons. The molecule has 1 aliphatic heterocycles. The van der Waals surface area contributed by atoms with Gasteiger partial charge in [-0.05, 0) is 37.8 Å². The fraction of sp³-hybridized carbons (Fsp3) is 0.385. The number of para-hydroxylation sites is 1. The Labute approximate surface area is 199 Å². The average molecular weight is 466 g/mol. The summed E-state index contributed by atoms with van der Waals surface area (Å²) in [6, 6.07) is 17.4. The minimum absolute atomic E-state index is 0.0810. The van der Waals surface area contributed by atoms with Crippen molar-refractivity contribution in [2.75, 3.05) is 13.2 Å². The van der Waals surface area contributed by atoms with E-state index in [0.29, 0.717) is 29.7 Å². The summed E-state index contributed by atoms with van der Waals surface area (Å²) in [6.45, 7) is 1.76. The predicted molar refractivity (Wildman–Crippen MR) is 127 cm³/mol. The van der Waals surface area contributed by atoms with E-state index in [4.69, 9.17) is 26.2 Å². The van der Waals surface area contributed by atoms with E-state index in [0.717, 1.165) is 49.1 Å². The lowest BCUT2D eigenvalue weighted by molar-refractivity contribution is -0.134. The zero-order chi connectivity index (χ0) is 22.8. The number of carbonyl (C=O) groups excluding carboxylic acids is 1. The van der Waals surface area contributed by atoms with Crippen molar-refractivity contribution in [1.82, 2.24) is 14.7 Å². The minimum atomic E-state index is 0.0810. The van der Waals surface area contributed by atoms with Crippen LogP contribution in [-0.2, 0) is 23.1 Å². The van der Waals surface area contributed by atoms with Gasteiger partial charge in [0.25, 0.3) is 0 Å². The van der Waals surface area contributed by atoms with E-state index in [1.807, 2.05) is 60.5 Å². The first-order valence-corrected chi connectivity index (χ1v) is 11.9. The fourth-order valence-corrected chi connectivity index (χ4v) is 4.50. The summed E-state index contributed by atoms with van der Waals surface area (Å²) in [7, 11) is 1.86. The zero-order valence-electron chi connectivity index (χ0n) is 18.7. The normalized spacial score (nSPS) is 17.8. The Morgan fingerprint density at radius 2 is 1.91 bits per heavy atom. The van der Waals surface area contributed by atoms with Gasteiger partial charge in [0, 0.05) is 31.7 Å². The van der Waals surface area contributed by atoms with Crippen molar-refractivity contribution < 1.29 is 14.3 Å². The van der Waals surface area contributed by atoms with Crippen LogP contribution in [0.4, 0.5) is 0 Å². The maximum absolute atomic E-state index is 13.3. The van der Waals surface area contributed by atoms with Crippen LogP contribution in [0.5, 0.6) is 11.6 Å². The predicted octanol–water partition coefficient (Wildman–Crippen LogP) is 5.45. The van der Waals surface area contributed by atoms with Gasteiger partial charge in [-0.15, -0.1) is 0 Å². The molecule has 1 aromatic heterocycles. The standard InChI is InChI=1S/C26H28ClN3O3/c1-29-26(33-23-12-6-5-11-22(23)27)21(24(28-29)18-8-3-2-4-9-18)17-30(25(31)19-13-14-19)16-20-10-7-15-32-20/h2-6,8-9,11-12,19-20H,7,10,13-17H2,1H3/t20-/m0/s1. The molecule has 1 atom stereocenters. The van der Waals surface area contributed by atoms with Crippen molar-refractivity contribution in [3.63, 3.8) is 0 Å². The molecule has 1 saturated heterocycles. The molecule has 3 aromatic rings. The third kappa shape index (κ3) is 4.92. The van der Waals surface area contributed by atoms with Crippen LogP contribution in [0.25, 0.3) is 11.3 Å². The van der Waals surface area contributed by atoms with Crippen LogP contribution in [-0.4, -0.2) is 39.8 Å². The number of rotatable bonds is 8. The molecule has 5 rings (SSSR count). The Bertz CT molecular complexity index is 1120. The van der Waals surface area contributed by atoms with E-state index in [-0.39, 0.29) is 17.9 Å². The largest absolute Gasteiger partial charge is 0.437 e. The lowest BCUT2D eigenvalue weighted by Gasteiger charge is -2.26. The molecule has 2 fully saturated rings. The number of hydrogen-bond donors (Lipinski definition) is 0. The average Bonchev–Trinajstić information content (AvgIpc) is 3.48. The van der Waals surface area contributed by atoms with Gasteiger partial charge in [-0.2, -0.15) is 5.10 Å². The number of hydrogen-bond acceptors (Lipinski definition) is 4. The van der Waals surface area contributed by atoms with Crippen LogP contribution >= 0.6 is 11.6 Å². The van der Waals surface area contributed by atoms with Gasteiger partial charge in [0.05, 0.1) is 23.2 Å². The minimum Gasteiger partial charge on any atom is -0.437 e. The molecule has 7 heteroatoms. The third-order valence-electron chi connectivity index (χ3n) is 6.21. The van der Waals surface area contributed by atoms with Crippen molar-refractivity contribution >= 4 is 17.5 Å². The smallest absolute Gasteiger partial charge is 0.226 e. The first-order valence-electron chi connectivity index (χ1n) is 11.5.